The molecule has 0 radical (unpaired) electrons. The summed E-state index contributed by atoms with van der Waals surface area (Å²) in [6.45, 7) is 0.587. The van der Waals surface area contributed by atoms with Crippen LogP contribution in [0.5, 0.6) is 11.5 Å². The molecule has 7 nitrogen and oxygen atoms in total. The number of amidine groups is 1. The van der Waals surface area contributed by atoms with Gasteiger partial charge in [0.05, 0.1) is 30.2 Å². The quantitative estimate of drug-likeness (QED) is 0.612. The number of rotatable bonds is 4. The maximum atomic E-state index is 14.5. The number of aromatic nitrogens is 2. The molecule has 0 saturated heterocycles. The lowest BCUT2D eigenvalue weighted by Crippen LogP contribution is -2.29. The molecule has 1 atom stereocenters. The summed E-state index contributed by atoms with van der Waals surface area (Å²) >= 11 is 6.09. The van der Waals surface area contributed by atoms with Gasteiger partial charge < -0.3 is 24.9 Å². The number of aliphatic imine (C=N–C) groups is 1. The molecule has 0 bridgehead atoms. The fourth-order valence-corrected chi connectivity index (χ4v) is 2.97. The number of nitrogens with zero attached hydrogens (tertiary/aromatic N) is 2. The molecule has 0 fully saturated rings. The van der Waals surface area contributed by atoms with Gasteiger partial charge in [0, 0.05) is 36.1 Å². The van der Waals surface area contributed by atoms with Gasteiger partial charge in [0.15, 0.2) is 17.4 Å². The van der Waals surface area contributed by atoms with E-state index in [0.29, 0.717) is 22.6 Å². The van der Waals surface area contributed by atoms with Gasteiger partial charge in [-0.15, -0.1) is 0 Å². The first-order valence-corrected chi connectivity index (χ1v) is 8.76. The fourth-order valence-electron chi connectivity index (χ4n) is 2.73. The third kappa shape index (κ3) is 3.58. The molecule has 3 aromatic rings. The number of aliphatic hydroxyl groups is 1. The highest BCUT2D eigenvalue weighted by Crippen LogP contribution is 2.36. The molecule has 1 aliphatic heterocycles. The van der Waals surface area contributed by atoms with E-state index in [0.717, 1.165) is 12.1 Å². The van der Waals surface area contributed by atoms with E-state index in [9.17, 15) is 8.78 Å². The van der Waals surface area contributed by atoms with Crippen LogP contribution in [0.3, 0.4) is 0 Å². The van der Waals surface area contributed by atoms with Gasteiger partial charge in [0.25, 0.3) is 6.02 Å². The Morgan fingerprint density at radius 2 is 2.14 bits per heavy atom. The summed E-state index contributed by atoms with van der Waals surface area (Å²) in [6.07, 6.45) is 2.95. The van der Waals surface area contributed by atoms with Crippen LogP contribution in [0.15, 0.2) is 35.6 Å². The number of nitrogens with one attached hydrogen (secondary N) is 2. The van der Waals surface area contributed by atoms with Crippen LogP contribution in [0, 0.1) is 17.6 Å². The minimum atomic E-state index is -0.913. The van der Waals surface area contributed by atoms with E-state index in [4.69, 9.17) is 26.2 Å². The Hall–Kier alpha value is -2.91. The number of anilines is 1. The SMILES string of the molecule is OC[C@H]1CN=C(Nc2cc(F)c(Oc3ccnc4[nH]cc(Cl)c34)c(F)c2)OC1. The van der Waals surface area contributed by atoms with Crippen LogP contribution in [-0.4, -0.2) is 40.9 Å². The second-order valence-corrected chi connectivity index (χ2v) is 6.58. The summed E-state index contributed by atoms with van der Waals surface area (Å²) in [5, 5.41) is 12.5. The molecular formula is C18H15ClF2N4O3. The highest BCUT2D eigenvalue weighted by Gasteiger charge is 2.20. The number of hydrogen-bond acceptors (Lipinski definition) is 6. The van der Waals surface area contributed by atoms with Crippen LogP contribution in [0.4, 0.5) is 14.5 Å². The van der Waals surface area contributed by atoms with Crippen molar-refractivity contribution in [2.75, 3.05) is 25.1 Å². The van der Waals surface area contributed by atoms with Crippen molar-refractivity contribution in [2.45, 2.75) is 0 Å². The van der Waals surface area contributed by atoms with Crippen LogP contribution in [-0.2, 0) is 4.74 Å². The number of ether oxygens (including phenoxy) is 2. The number of aliphatic hydroxyl groups excluding tert-OH is 1. The average Bonchev–Trinajstić information content (AvgIpc) is 3.07. The topological polar surface area (TPSA) is 91.8 Å². The number of fused-ring (bicyclic) bond motifs is 1. The van der Waals surface area contributed by atoms with Gasteiger partial charge in [-0.1, -0.05) is 11.6 Å². The number of aromatic amines is 1. The monoisotopic (exact) mass is 408 g/mol. The maximum absolute atomic E-state index is 14.5. The molecule has 146 valence electrons. The maximum Gasteiger partial charge on any atom is 0.289 e. The first-order valence-electron chi connectivity index (χ1n) is 8.38. The smallest absolute Gasteiger partial charge is 0.289 e. The van der Waals surface area contributed by atoms with Gasteiger partial charge in [0.2, 0.25) is 0 Å². The van der Waals surface area contributed by atoms with Crippen molar-refractivity contribution < 1.29 is 23.4 Å². The molecule has 0 saturated carbocycles. The fraction of sp³-hybridized carbons (Fsp3) is 0.222. The molecule has 1 aliphatic rings. The van der Waals surface area contributed by atoms with E-state index in [1.165, 1.54) is 18.5 Å². The number of hydrogen-bond donors (Lipinski definition) is 3. The van der Waals surface area contributed by atoms with Gasteiger partial charge in [-0.05, 0) is 6.07 Å². The van der Waals surface area contributed by atoms with Crippen molar-refractivity contribution >= 4 is 34.3 Å². The molecule has 0 spiro atoms. The Morgan fingerprint density at radius 3 is 2.82 bits per heavy atom. The van der Waals surface area contributed by atoms with E-state index in [1.807, 2.05) is 0 Å². The summed E-state index contributed by atoms with van der Waals surface area (Å²) in [5.41, 5.74) is 0.554. The van der Waals surface area contributed by atoms with E-state index < -0.39 is 17.4 Å². The highest BCUT2D eigenvalue weighted by atomic mass is 35.5. The summed E-state index contributed by atoms with van der Waals surface area (Å²) in [7, 11) is 0. The molecule has 10 heteroatoms. The molecular weight excluding hydrogens is 394 g/mol. The Labute approximate surface area is 163 Å². The summed E-state index contributed by atoms with van der Waals surface area (Å²) in [6, 6.07) is 3.74. The van der Waals surface area contributed by atoms with Crippen LogP contribution in [0.2, 0.25) is 5.02 Å². The van der Waals surface area contributed by atoms with Crippen molar-refractivity contribution in [3.05, 3.63) is 47.2 Å². The first kappa shape index (κ1) is 18.5. The van der Waals surface area contributed by atoms with Gasteiger partial charge in [0.1, 0.15) is 11.4 Å². The highest BCUT2D eigenvalue weighted by molar-refractivity contribution is 6.36. The third-order valence-electron chi connectivity index (χ3n) is 4.16. The van der Waals surface area contributed by atoms with Crippen molar-refractivity contribution in [1.82, 2.24) is 9.97 Å². The minimum Gasteiger partial charge on any atom is -0.465 e. The van der Waals surface area contributed by atoms with Gasteiger partial charge in [-0.2, -0.15) is 0 Å². The molecule has 3 N–H and O–H groups in total. The average molecular weight is 409 g/mol. The molecule has 1 aromatic carbocycles. The van der Waals surface area contributed by atoms with Crippen LogP contribution in [0.25, 0.3) is 11.0 Å². The van der Waals surface area contributed by atoms with E-state index >= 15 is 0 Å². The Kier molecular flexibility index (Phi) is 5.01. The molecule has 2 aromatic heterocycles. The van der Waals surface area contributed by atoms with E-state index in [-0.39, 0.29) is 36.6 Å². The molecule has 4 rings (SSSR count). The van der Waals surface area contributed by atoms with Crippen LogP contribution in [0.1, 0.15) is 0 Å². The zero-order valence-electron chi connectivity index (χ0n) is 14.4. The van der Waals surface area contributed by atoms with E-state index in [2.05, 4.69) is 20.3 Å². The number of halogens is 3. The zero-order chi connectivity index (χ0) is 19.7. The molecule has 0 aliphatic carbocycles. The normalized spacial score (nSPS) is 16.6. The van der Waals surface area contributed by atoms with Crippen molar-refractivity contribution in [2.24, 2.45) is 10.9 Å². The number of H-pyrrole nitrogens is 1. The zero-order valence-corrected chi connectivity index (χ0v) is 15.1. The second kappa shape index (κ2) is 7.61. The van der Waals surface area contributed by atoms with Gasteiger partial charge >= 0.3 is 0 Å². The summed E-state index contributed by atoms with van der Waals surface area (Å²) in [5.74, 6) is -2.31. The molecule has 0 amide bonds. The summed E-state index contributed by atoms with van der Waals surface area (Å²) < 4.78 is 39.8. The third-order valence-corrected chi connectivity index (χ3v) is 4.45. The standard InChI is InChI=1S/C18H15ClF2N4O3/c19-11-6-23-17-15(11)14(1-2-22-17)28-16-12(20)3-10(4-13(16)21)25-18-24-5-9(7-26)8-27-18/h1-4,6,9,26H,5,7-8H2,(H,22,23)(H,24,25)/t9-/m1/s1. The van der Waals surface area contributed by atoms with Crippen molar-refractivity contribution in [3.8, 4) is 11.5 Å². The Balaban J connectivity index is 1.58. The summed E-state index contributed by atoms with van der Waals surface area (Å²) in [4.78, 5) is 11.0. The Bertz CT molecular complexity index is 1030. The van der Waals surface area contributed by atoms with Crippen LogP contribution >= 0.6 is 11.6 Å². The predicted octanol–water partition coefficient (Wildman–Crippen LogP) is 3.69. The molecule has 3 heterocycles. The predicted molar refractivity (Wildman–Crippen MR) is 100.0 cm³/mol. The molecule has 0 unspecified atom stereocenters. The van der Waals surface area contributed by atoms with E-state index in [1.54, 1.807) is 0 Å². The van der Waals surface area contributed by atoms with Crippen LogP contribution < -0.4 is 10.1 Å². The Morgan fingerprint density at radius 1 is 1.36 bits per heavy atom. The first-order chi connectivity index (χ1) is 13.5. The minimum absolute atomic E-state index is 0.0422. The van der Waals surface area contributed by atoms with Crippen molar-refractivity contribution in [1.29, 1.82) is 0 Å². The largest absolute Gasteiger partial charge is 0.465 e. The lowest BCUT2D eigenvalue weighted by atomic mass is 10.2. The lowest BCUT2D eigenvalue weighted by Gasteiger charge is -2.21. The number of pyridine rings is 1. The second-order valence-electron chi connectivity index (χ2n) is 6.17. The van der Waals surface area contributed by atoms with Gasteiger partial charge in [-0.25, -0.2) is 18.8 Å². The lowest BCUT2D eigenvalue weighted by molar-refractivity contribution is 0.148. The van der Waals surface area contributed by atoms with Crippen molar-refractivity contribution in [3.63, 3.8) is 0 Å². The van der Waals surface area contributed by atoms with Gasteiger partial charge in [-0.3, -0.25) is 0 Å². The number of benzene rings is 1. The molecule has 28 heavy (non-hydrogen) atoms.